The van der Waals surface area contributed by atoms with Crippen molar-refractivity contribution in [2.24, 2.45) is 0 Å². The summed E-state index contributed by atoms with van der Waals surface area (Å²) in [6.45, 7) is 2.21. The molecule has 0 amide bonds. The van der Waals surface area contributed by atoms with Crippen molar-refractivity contribution >= 4 is 23.3 Å². The Morgan fingerprint density at radius 3 is 2.76 bits per heavy atom. The molecule has 1 aromatic carbocycles. The maximum absolute atomic E-state index is 13.9. The Kier molecular flexibility index (Phi) is 4.98. The molecule has 29 heavy (non-hydrogen) atoms. The molecule has 0 aliphatic heterocycles. The molecule has 0 aliphatic rings. The van der Waals surface area contributed by atoms with Crippen LogP contribution in [0.15, 0.2) is 57.9 Å². The fourth-order valence-corrected chi connectivity index (χ4v) is 3.40. The number of nitrogens with one attached hydrogen (secondary N) is 1. The second kappa shape index (κ2) is 7.59. The Labute approximate surface area is 168 Å². The van der Waals surface area contributed by atoms with Gasteiger partial charge in [-0.2, -0.15) is 0 Å². The van der Waals surface area contributed by atoms with Gasteiger partial charge in [-0.3, -0.25) is 14.3 Å². The molecule has 3 heterocycles. The van der Waals surface area contributed by atoms with Crippen LogP contribution < -0.4 is 10.3 Å². The zero-order chi connectivity index (χ0) is 20.5. The van der Waals surface area contributed by atoms with Crippen molar-refractivity contribution in [1.82, 2.24) is 14.5 Å². The smallest absolute Gasteiger partial charge is 0.264 e. The van der Waals surface area contributed by atoms with Gasteiger partial charge in [0.05, 0.1) is 23.9 Å². The lowest BCUT2D eigenvalue weighted by atomic mass is 10.1. The minimum absolute atomic E-state index is 0.00453. The van der Waals surface area contributed by atoms with Gasteiger partial charge in [0.1, 0.15) is 11.4 Å². The summed E-state index contributed by atoms with van der Waals surface area (Å²) in [6.07, 6.45) is -1.49. The lowest BCUT2D eigenvalue weighted by Crippen LogP contribution is -2.17. The first-order chi connectivity index (χ1) is 14.0. The second-order valence-corrected chi connectivity index (χ2v) is 6.46. The van der Waals surface area contributed by atoms with Gasteiger partial charge in [-0.15, -0.1) is 0 Å². The van der Waals surface area contributed by atoms with E-state index in [4.69, 9.17) is 21.4 Å². The first kappa shape index (κ1) is 19.0. The van der Waals surface area contributed by atoms with E-state index in [1.807, 2.05) is 6.92 Å². The van der Waals surface area contributed by atoms with Crippen molar-refractivity contribution in [3.05, 3.63) is 69.4 Å². The van der Waals surface area contributed by atoms with Gasteiger partial charge in [-0.1, -0.05) is 12.1 Å². The molecule has 0 saturated carbocycles. The average Bonchev–Trinajstić information content (AvgIpc) is 3.23. The van der Waals surface area contributed by atoms with Crippen LogP contribution in [0.1, 0.15) is 18.9 Å². The molecule has 148 valence electrons. The summed E-state index contributed by atoms with van der Waals surface area (Å²) in [7, 11) is 0. The van der Waals surface area contributed by atoms with Gasteiger partial charge >= 0.3 is 0 Å². The van der Waals surface area contributed by atoms with E-state index in [-0.39, 0.29) is 21.5 Å². The number of fused-ring (bicyclic) bond motifs is 1. The van der Waals surface area contributed by atoms with E-state index in [1.165, 1.54) is 10.8 Å². The number of pyridine rings is 1. The number of hydrogen-bond donors (Lipinski definition) is 1. The molecular formula is C20H15F2N3O3S. The van der Waals surface area contributed by atoms with E-state index in [2.05, 4.69) is 9.97 Å². The molecule has 0 saturated heterocycles. The standard InChI is InChI=1S/C20H15F2N3O3S/c1-2-27-15-7-4-3-6-13(15)25-18-16(19(26)24-20(25)29)11(17(21)22)10-12(23-18)14-8-5-9-28-14/h3-10,17H,2H2,1H3,(H,24,26,29). The van der Waals surface area contributed by atoms with Gasteiger partial charge in [0.15, 0.2) is 16.2 Å². The highest BCUT2D eigenvalue weighted by Gasteiger charge is 2.22. The lowest BCUT2D eigenvalue weighted by molar-refractivity contribution is 0.153. The Hall–Kier alpha value is -3.33. The van der Waals surface area contributed by atoms with Crippen LogP contribution in [0, 0.1) is 4.77 Å². The third kappa shape index (κ3) is 3.33. The van der Waals surface area contributed by atoms with Crippen molar-refractivity contribution in [1.29, 1.82) is 0 Å². The summed E-state index contributed by atoms with van der Waals surface area (Å²) < 4.78 is 40.1. The number of halogens is 2. The summed E-state index contributed by atoms with van der Waals surface area (Å²) in [6, 6.07) is 11.3. The number of aromatic nitrogens is 3. The number of nitrogens with zero attached hydrogens (tertiary/aromatic N) is 2. The molecular weight excluding hydrogens is 400 g/mol. The van der Waals surface area contributed by atoms with E-state index < -0.39 is 17.5 Å². The normalized spacial score (nSPS) is 11.3. The molecule has 4 rings (SSSR count). The Bertz CT molecular complexity index is 1300. The van der Waals surface area contributed by atoms with Crippen LogP contribution >= 0.6 is 12.2 Å². The number of ether oxygens (including phenoxy) is 1. The number of hydrogen-bond acceptors (Lipinski definition) is 5. The van der Waals surface area contributed by atoms with Gasteiger partial charge in [0.2, 0.25) is 0 Å². The van der Waals surface area contributed by atoms with Gasteiger partial charge < -0.3 is 9.15 Å². The van der Waals surface area contributed by atoms with Crippen molar-refractivity contribution in [3.8, 4) is 22.9 Å². The largest absolute Gasteiger partial charge is 0.492 e. The first-order valence-electron chi connectivity index (χ1n) is 8.75. The number of aromatic amines is 1. The molecule has 6 nitrogen and oxygen atoms in total. The predicted octanol–water partition coefficient (Wildman–Crippen LogP) is 5.04. The van der Waals surface area contributed by atoms with Crippen LogP contribution in [-0.2, 0) is 0 Å². The maximum atomic E-state index is 13.9. The molecule has 4 aromatic rings. The quantitative estimate of drug-likeness (QED) is 0.463. The maximum Gasteiger partial charge on any atom is 0.264 e. The zero-order valence-corrected chi connectivity index (χ0v) is 16.0. The fraction of sp³-hybridized carbons (Fsp3) is 0.150. The van der Waals surface area contributed by atoms with Crippen LogP contribution in [-0.4, -0.2) is 21.1 Å². The summed E-state index contributed by atoms with van der Waals surface area (Å²) in [5, 5.41) is -0.241. The van der Waals surface area contributed by atoms with E-state index in [1.54, 1.807) is 36.4 Å². The molecule has 0 spiro atoms. The number of para-hydroxylation sites is 2. The van der Waals surface area contributed by atoms with Crippen LogP contribution in [0.4, 0.5) is 8.78 Å². The Morgan fingerprint density at radius 2 is 2.07 bits per heavy atom. The van der Waals surface area contributed by atoms with Crippen LogP contribution in [0.3, 0.4) is 0 Å². The monoisotopic (exact) mass is 415 g/mol. The first-order valence-corrected chi connectivity index (χ1v) is 9.16. The Morgan fingerprint density at radius 1 is 1.28 bits per heavy atom. The van der Waals surface area contributed by atoms with Gasteiger partial charge in [-0.05, 0) is 49.5 Å². The summed E-state index contributed by atoms with van der Waals surface area (Å²) >= 11 is 5.35. The summed E-state index contributed by atoms with van der Waals surface area (Å²) in [5.41, 5.74) is -0.551. The molecule has 9 heteroatoms. The van der Waals surface area contributed by atoms with Gasteiger partial charge in [-0.25, -0.2) is 13.8 Å². The van der Waals surface area contributed by atoms with Gasteiger partial charge in [0, 0.05) is 5.56 Å². The minimum atomic E-state index is -2.90. The van der Waals surface area contributed by atoms with Crippen molar-refractivity contribution in [3.63, 3.8) is 0 Å². The van der Waals surface area contributed by atoms with E-state index in [0.717, 1.165) is 6.07 Å². The topological polar surface area (TPSA) is 73.0 Å². The molecule has 3 aromatic heterocycles. The van der Waals surface area contributed by atoms with Crippen LogP contribution in [0.2, 0.25) is 0 Å². The number of alkyl halides is 2. The highest BCUT2D eigenvalue weighted by molar-refractivity contribution is 7.71. The Balaban J connectivity index is 2.16. The summed E-state index contributed by atoms with van der Waals surface area (Å²) in [5.74, 6) is 0.771. The van der Waals surface area contributed by atoms with Crippen LogP contribution in [0.25, 0.3) is 28.2 Å². The number of rotatable bonds is 5. The summed E-state index contributed by atoms with van der Waals surface area (Å²) in [4.78, 5) is 19.5. The highest BCUT2D eigenvalue weighted by Crippen LogP contribution is 2.32. The molecule has 0 radical (unpaired) electrons. The number of benzene rings is 1. The second-order valence-electron chi connectivity index (χ2n) is 6.07. The molecule has 0 fully saturated rings. The highest BCUT2D eigenvalue weighted by atomic mass is 32.1. The zero-order valence-electron chi connectivity index (χ0n) is 15.2. The molecule has 0 aliphatic carbocycles. The average molecular weight is 415 g/mol. The SMILES string of the molecule is CCOc1ccccc1-n1c(=S)[nH]c(=O)c2c(C(F)F)cc(-c3ccco3)nc21. The third-order valence-electron chi connectivity index (χ3n) is 4.31. The lowest BCUT2D eigenvalue weighted by Gasteiger charge is -2.16. The fourth-order valence-electron chi connectivity index (χ4n) is 3.12. The predicted molar refractivity (Wildman–Crippen MR) is 106 cm³/mol. The van der Waals surface area contributed by atoms with E-state index >= 15 is 0 Å². The van der Waals surface area contributed by atoms with E-state index in [0.29, 0.717) is 23.8 Å². The third-order valence-corrected chi connectivity index (χ3v) is 4.59. The van der Waals surface area contributed by atoms with E-state index in [9.17, 15) is 13.6 Å². The van der Waals surface area contributed by atoms with Crippen LogP contribution in [0.5, 0.6) is 5.75 Å². The van der Waals surface area contributed by atoms with Crippen molar-refractivity contribution in [2.75, 3.05) is 6.61 Å². The molecule has 0 unspecified atom stereocenters. The number of furan rings is 1. The van der Waals surface area contributed by atoms with Crippen molar-refractivity contribution in [2.45, 2.75) is 13.3 Å². The minimum Gasteiger partial charge on any atom is -0.492 e. The molecule has 0 atom stereocenters. The number of H-pyrrole nitrogens is 1. The molecule has 0 bridgehead atoms. The molecule has 1 N–H and O–H groups in total. The van der Waals surface area contributed by atoms with Gasteiger partial charge in [0.25, 0.3) is 12.0 Å². The van der Waals surface area contributed by atoms with Crippen molar-refractivity contribution < 1.29 is 17.9 Å².